The van der Waals surface area contributed by atoms with Gasteiger partial charge < -0.3 is 59.1 Å². The van der Waals surface area contributed by atoms with Crippen molar-refractivity contribution < 1.29 is 68.3 Å². The van der Waals surface area contributed by atoms with Gasteiger partial charge in [-0.05, 0) is 113 Å². The number of fused-ring (bicyclic) bond motifs is 2. The van der Waals surface area contributed by atoms with E-state index in [0.717, 1.165) is 17.7 Å². The zero-order valence-corrected chi connectivity index (χ0v) is 44.3. The molecule has 18 nitrogen and oxygen atoms in total. The lowest BCUT2D eigenvalue weighted by molar-refractivity contribution is -0.138. The number of hydrogen-bond acceptors (Lipinski definition) is 12. The van der Waals surface area contributed by atoms with Crippen LogP contribution >= 0.6 is 0 Å². The van der Waals surface area contributed by atoms with E-state index < -0.39 is 110 Å². The molecule has 0 saturated carbocycles. The van der Waals surface area contributed by atoms with Crippen LogP contribution in [0.15, 0.2) is 60.7 Å². The number of aromatic nitrogens is 4. The summed E-state index contributed by atoms with van der Waals surface area (Å²) in [6.07, 6.45) is -1.41. The van der Waals surface area contributed by atoms with E-state index in [1.165, 1.54) is 74.3 Å². The number of likely N-dealkylation sites (tertiary alicyclic amines) is 2. The van der Waals surface area contributed by atoms with Crippen LogP contribution in [0.4, 0.5) is 42.9 Å². The number of hydrogen-bond donors (Lipinski definition) is 4. The summed E-state index contributed by atoms with van der Waals surface area (Å²) in [6.45, 7) is 4.03. The summed E-state index contributed by atoms with van der Waals surface area (Å²) < 4.78 is 145. The van der Waals surface area contributed by atoms with E-state index >= 15 is 17.6 Å². The maximum Gasteiger partial charge on any atom is 0.407 e. The predicted octanol–water partition coefficient (Wildman–Crippen LogP) is 9.45. The first kappa shape index (κ1) is 48.4. The van der Waals surface area contributed by atoms with Crippen molar-refractivity contribution in [3.05, 3.63) is 118 Å². The molecule has 2 aromatic heterocycles. The first-order chi connectivity index (χ1) is 40.8. The highest BCUT2D eigenvalue weighted by molar-refractivity contribution is 5.88. The van der Waals surface area contributed by atoms with E-state index in [0.29, 0.717) is 49.6 Å². The standard InChI is InChI=1S/C57H65F5N10O8/c1-29(77-3)49(67-56(75)79-5)54(73)70-19-7-9-47(70)52-63-41-25-35(37(59)27-43(41)65-52)45-15-16-46(72(45)34-23-39(61)51(40(62)24-34)69-21-17-32(18-22-69)31-11-13-33(58)14-12-31)36-26-42-44(28-38(36)60)66-53(64-42)48-10-8-20-71(48)55(74)50(30(2)78-4)68-57(76)80-6/h11-14,23-30,32,45-50H,7-10,15-22H2,1-6H3,(H,63,65)(H,64,66)(H,67,75)(H,68,76)/t29-,30-,45-,46-,47+,48+,49+,50+/m1/s1/i5D3,6D3. The molecule has 4 saturated heterocycles. The van der Waals surface area contributed by atoms with E-state index in [4.69, 9.17) is 27.7 Å². The van der Waals surface area contributed by atoms with Crippen molar-refractivity contribution in [1.29, 1.82) is 0 Å². The third-order valence-electron chi connectivity index (χ3n) is 16.4. The number of anilines is 2. The molecule has 4 aliphatic rings. The van der Waals surface area contributed by atoms with Crippen molar-refractivity contribution in [3.8, 4) is 0 Å². The molecular weight excluding hydrogens is 1050 g/mol. The quantitative estimate of drug-likeness (QED) is 0.0712. The fraction of sp³-hybridized carbons (Fsp3) is 0.474. The number of nitrogens with one attached hydrogen (secondary N) is 4. The zero-order valence-electron chi connectivity index (χ0n) is 50.3. The predicted molar refractivity (Wildman–Crippen MR) is 285 cm³/mol. The summed E-state index contributed by atoms with van der Waals surface area (Å²) >= 11 is 0. The van der Waals surface area contributed by atoms with Crippen molar-refractivity contribution in [2.24, 2.45) is 0 Å². The SMILES string of the molecule is [2H]C([2H])([2H])OC(=O)N[C@H](C(=O)N1CCC[C@H]1c1nc2cc(F)c([C@H]3CC[C@H](c4cc5[nH]c([C@@H]6CCCN6C(=O)[C@@H](NC(=O)OC([2H])([2H])[2H])[C@@H](C)OC)nc5cc4F)N3c3cc(F)c(N4CCC(c5ccc(F)cc5)CC4)c(F)c3)cc2[nH]1)[C@@H](C)OC. The average molecular weight is 1120 g/mol. The number of piperidine rings is 1. The number of imidazole rings is 2. The summed E-state index contributed by atoms with van der Waals surface area (Å²) in [4.78, 5) is 75.5. The molecule has 0 unspecified atom stereocenters. The molecule has 6 heterocycles. The summed E-state index contributed by atoms with van der Waals surface area (Å²) in [5, 5.41) is 4.62. The molecule has 6 aromatic rings. The van der Waals surface area contributed by atoms with Crippen LogP contribution in [-0.2, 0) is 28.5 Å². The number of benzene rings is 4. The van der Waals surface area contributed by atoms with Gasteiger partial charge in [0, 0.05) is 69.3 Å². The van der Waals surface area contributed by atoms with Crippen LogP contribution < -0.4 is 20.4 Å². The third kappa shape index (κ3) is 10.8. The summed E-state index contributed by atoms with van der Waals surface area (Å²) in [5.74, 6) is -4.33. The van der Waals surface area contributed by atoms with Crippen molar-refractivity contribution >= 4 is 57.4 Å². The Kier molecular flexibility index (Phi) is 14.1. The van der Waals surface area contributed by atoms with Crippen LogP contribution in [-0.4, -0.2) is 133 Å². The van der Waals surface area contributed by atoms with E-state index in [1.54, 1.807) is 21.9 Å². The Labute approximate surface area is 467 Å². The number of halogens is 5. The molecule has 0 spiro atoms. The second kappa shape index (κ2) is 23.3. The van der Waals surface area contributed by atoms with Crippen LogP contribution in [0, 0.1) is 29.1 Å². The minimum absolute atomic E-state index is 0.0142. The molecule has 23 heteroatoms. The molecule has 426 valence electrons. The normalized spacial score (nSPS) is 22.7. The van der Waals surface area contributed by atoms with E-state index in [2.05, 4.69) is 30.1 Å². The van der Waals surface area contributed by atoms with Crippen LogP contribution in [0.2, 0.25) is 0 Å². The Hall–Kier alpha value is -7.53. The molecular formula is C57H65F5N10O8. The van der Waals surface area contributed by atoms with Gasteiger partial charge in [0.05, 0.1) is 80.7 Å². The minimum Gasteiger partial charge on any atom is -0.453 e. The van der Waals surface area contributed by atoms with Gasteiger partial charge in [-0.1, -0.05) is 12.1 Å². The largest absolute Gasteiger partial charge is 0.453 e. The lowest BCUT2D eigenvalue weighted by Crippen LogP contribution is -2.54. The van der Waals surface area contributed by atoms with E-state index in [1.807, 2.05) is 0 Å². The number of methoxy groups -OCH3 is 4. The summed E-state index contributed by atoms with van der Waals surface area (Å²) in [7, 11) is -3.55. The van der Waals surface area contributed by atoms with Crippen molar-refractivity contribution in [3.63, 3.8) is 0 Å². The van der Waals surface area contributed by atoms with Gasteiger partial charge in [0.2, 0.25) is 11.8 Å². The number of carbonyl (C=O) groups is 4. The molecule has 0 aliphatic carbocycles. The number of alkyl carbamates (subject to hydrolysis) is 2. The Morgan fingerprint density at radius 2 is 1.07 bits per heavy atom. The van der Waals surface area contributed by atoms with Gasteiger partial charge >= 0.3 is 12.2 Å². The third-order valence-corrected chi connectivity index (χ3v) is 16.4. The highest BCUT2D eigenvalue weighted by Gasteiger charge is 2.43. The van der Waals surface area contributed by atoms with Gasteiger partial charge in [-0.2, -0.15) is 0 Å². The summed E-state index contributed by atoms with van der Waals surface area (Å²) in [6, 6.07) is 7.80. The number of H-pyrrole nitrogens is 2. The number of nitrogens with zero attached hydrogens (tertiary/aromatic N) is 6. The van der Waals surface area contributed by atoms with Crippen molar-refractivity contribution in [2.75, 3.05) is 64.3 Å². The first-order valence-electron chi connectivity index (χ1n) is 29.6. The fourth-order valence-electron chi connectivity index (χ4n) is 12.2. The van der Waals surface area contributed by atoms with Gasteiger partial charge in [-0.25, -0.2) is 41.5 Å². The lowest BCUT2D eigenvalue weighted by Gasteiger charge is -2.36. The highest BCUT2D eigenvalue weighted by atomic mass is 19.1. The Morgan fingerprint density at radius 3 is 1.51 bits per heavy atom. The van der Waals surface area contributed by atoms with Crippen molar-refractivity contribution in [2.45, 2.75) is 120 Å². The Bertz CT molecular complexity index is 3330. The zero-order chi connectivity index (χ0) is 61.7. The first-order valence-corrected chi connectivity index (χ1v) is 26.6. The van der Waals surface area contributed by atoms with Crippen LogP contribution in [0.5, 0.6) is 0 Å². The molecule has 0 bridgehead atoms. The lowest BCUT2D eigenvalue weighted by atomic mass is 9.89. The second-order valence-corrected chi connectivity index (χ2v) is 20.9. The average Bonchev–Trinajstić information content (AvgIpc) is 1.92. The molecule has 4 amide bonds. The topological polar surface area (TPSA) is 200 Å². The van der Waals surface area contributed by atoms with E-state index in [9.17, 15) is 23.6 Å². The molecule has 0 radical (unpaired) electrons. The smallest absolute Gasteiger partial charge is 0.407 e. The number of amides is 4. The Balaban J connectivity index is 0.979. The molecule has 4 aliphatic heterocycles. The number of carbonyl (C=O) groups excluding carboxylic acids is 4. The monoisotopic (exact) mass is 1120 g/mol. The molecule has 4 fully saturated rings. The van der Waals surface area contributed by atoms with Gasteiger partial charge in [-0.3, -0.25) is 9.59 Å². The fourth-order valence-corrected chi connectivity index (χ4v) is 12.2. The van der Waals surface area contributed by atoms with Crippen LogP contribution in [0.1, 0.15) is 132 Å². The highest BCUT2D eigenvalue weighted by Crippen LogP contribution is 2.50. The number of rotatable bonds is 15. The van der Waals surface area contributed by atoms with E-state index in [-0.39, 0.29) is 95.9 Å². The minimum atomic E-state index is -3.09. The number of ether oxygens (including phenoxy) is 4. The molecule has 10 rings (SSSR count). The maximum atomic E-state index is 17.1. The van der Waals surface area contributed by atoms with Gasteiger partial charge in [0.1, 0.15) is 46.9 Å². The van der Waals surface area contributed by atoms with Gasteiger partial charge in [0.15, 0.2) is 11.6 Å². The maximum absolute atomic E-state index is 17.1. The summed E-state index contributed by atoms with van der Waals surface area (Å²) in [5.41, 5.74) is 1.81. The molecule has 4 aromatic carbocycles. The molecule has 4 N–H and O–H groups in total. The molecule has 80 heavy (non-hydrogen) atoms. The number of aromatic amines is 2. The van der Waals surface area contributed by atoms with Gasteiger partial charge in [-0.15, -0.1) is 0 Å². The van der Waals surface area contributed by atoms with Crippen LogP contribution in [0.3, 0.4) is 0 Å². The van der Waals surface area contributed by atoms with Gasteiger partial charge in [0.25, 0.3) is 0 Å². The Morgan fingerprint density at radius 1 is 0.613 bits per heavy atom. The molecule has 8 atom stereocenters. The van der Waals surface area contributed by atoms with Crippen LogP contribution in [0.25, 0.3) is 22.1 Å². The second-order valence-electron chi connectivity index (χ2n) is 20.9. The van der Waals surface area contributed by atoms with Crippen molar-refractivity contribution in [1.82, 2.24) is 40.4 Å².